The smallest absolute Gasteiger partial charge is 0.265 e. The molecule has 0 saturated carbocycles. The zero-order chi connectivity index (χ0) is 17.4. The molecule has 124 valence electrons. The van der Waals surface area contributed by atoms with Crippen molar-refractivity contribution in [1.82, 2.24) is 9.55 Å². The highest BCUT2D eigenvalue weighted by Crippen LogP contribution is 2.22. The Bertz CT molecular complexity index is 993. The molecule has 0 unspecified atom stereocenters. The standard InChI is InChI=1S/C19H19FN2O2/c1-5-18-21-16-10-15(20)11(2)9-14(16)19(23)22(18)17-7-6-13(24-4)8-12(17)3/h6-10H,5H2,1-4H3. The van der Waals surface area contributed by atoms with Crippen LogP contribution in [0, 0.1) is 19.7 Å². The molecule has 1 heterocycles. The summed E-state index contributed by atoms with van der Waals surface area (Å²) in [6.07, 6.45) is 0.562. The van der Waals surface area contributed by atoms with Crippen LogP contribution in [-0.4, -0.2) is 16.7 Å². The Hall–Kier alpha value is -2.69. The maximum Gasteiger partial charge on any atom is 0.265 e. The first-order chi connectivity index (χ1) is 11.5. The van der Waals surface area contributed by atoms with Crippen LogP contribution in [0.2, 0.25) is 0 Å². The van der Waals surface area contributed by atoms with Crippen LogP contribution in [0.5, 0.6) is 5.75 Å². The topological polar surface area (TPSA) is 44.1 Å². The third-order valence-electron chi connectivity index (χ3n) is 4.18. The fourth-order valence-electron chi connectivity index (χ4n) is 2.85. The van der Waals surface area contributed by atoms with Gasteiger partial charge in [-0.2, -0.15) is 0 Å². The van der Waals surface area contributed by atoms with Crippen molar-refractivity contribution in [2.75, 3.05) is 7.11 Å². The molecule has 0 aliphatic rings. The Morgan fingerprint density at radius 3 is 2.54 bits per heavy atom. The lowest BCUT2D eigenvalue weighted by atomic mass is 10.1. The zero-order valence-electron chi connectivity index (χ0n) is 14.2. The largest absolute Gasteiger partial charge is 0.497 e. The van der Waals surface area contributed by atoms with Crippen LogP contribution in [0.1, 0.15) is 23.9 Å². The first kappa shape index (κ1) is 16.2. The van der Waals surface area contributed by atoms with Gasteiger partial charge in [0.15, 0.2) is 0 Å². The summed E-state index contributed by atoms with van der Waals surface area (Å²) >= 11 is 0. The van der Waals surface area contributed by atoms with E-state index in [1.165, 1.54) is 6.07 Å². The summed E-state index contributed by atoms with van der Waals surface area (Å²) < 4.78 is 20.7. The molecule has 3 aromatic rings. The molecule has 24 heavy (non-hydrogen) atoms. The Labute approximate surface area is 139 Å². The molecule has 0 fully saturated rings. The molecule has 0 saturated heterocycles. The van der Waals surface area contributed by atoms with Crippen molar-refractivity contribution >= 4 is 10.9 Å². The summed E-state index contributed by atoms with van der Waals surface area (Å²) in [5.74, 6) is 0.980. The molecule has 0 N–H and O–H groups in total. The predicted molar refractivity (Wildman–Crippen MR) is 92.7 cm³/mol. The first-order valence-corrected chi connectivity index (χ1v) is 7.83. The second-order valence-corrected chi connectivity index (χ2v) is 5.79. The van der Waals surface area contributed by atoms with Gasteiger partial charge in [-0.15, -0.1) is 0 Å². The summed E-state index contributed by atoms with van der Waals surface area (Å²) in [5.41, 5.74) is 2.30. The number of aryl methyl sites for hydroxylation is 3. The fraction of sp³-hybridized carbons (Fsp3) is 0.263. The van der Waals surface area contributed by atoms with Crippen molar-refractivity contribution in [1.29, 1.82) is 0 Å². The number of ether oxygens (including phenoxy) is 1. The quantitative estimate of drug-likeness (QED) is 0.737. The predicted octanol–water partition coefficient (Wildman–Crippen LogP) is 3.71. The highest BCUT2D eigenvalue weighted by molar-refractivity contribution is 5.79. The van der Waals surface area contributed by atoms with E-state index in [1.807, 2.05) is 32.0 Å². The molecule has 0 atom stereocenters. The van der Waals surface area contributed by atoms with Crippen LogP contribution in [0.25, 0.3) is 16.6 Å². The van der Waals surface area contributed by atoms with Crippen molar-refractivity contribution in [3.05, 3.63) is 63.5 Å². The van der Waals surface area contributed by atoms with Crippen molar-refractivity contribution in [3.63, 3.8) is 0 Å². The molecule has 5 heteroatoms. The minimum absolute atomic E-state index is 0.187. The van der Waals surface area contributed by atoms with E-state index in [-0.39, 0.29) is 11.4 Å². The fourth-order valence-corrected chi connectivity index (χ4v) is 2.85. The number of hydrogen-bond acceptors (Lipinski definition) is 3. The Morgan fingerprint density at radius 1 is 1.17 bits per heavy atom. The molecule has 3 rings (SSSR count). The van der Waals surface area contributed by atoms with Gasteiger partial charge in [0.1, 0.15) is 17.4 Å². The third-order valence-corrected chi connectivity index (χ3v) is 4.18. The van der Waals surface area contributed by atoms with E-state index < -0.39 is 0 Å². The van der Waals surface area contributed by atoms with Crippen molar-refractivity contribution in [2.45, 2.75) is 27.2 Å². The maximum atomic E-state index is 13.8. The molecule has 0 amide bonds. The SMILES string of the molecule is CCc1nc2cc(F)c(C)cc2c(=O)n1-c1ccc(OC)cc1C. The number of methoxy groups -OCH3 is 1. The molecule has 4 nitrogen and oxygen atoms in total. The van der Waals surface area contributed by atoms with E-state index >= 15 is 0 Å². The van der Waals surface area contributed by atoms with E-state index in [4.69, 9.17) is 4.74 Å². The van der Waals surface area contributed by atoms with Gasteiger partial charge in [0.25, 0.3) is 5.56 Å². The lowest BCUT2D eigenvalue weighted by molar-refractivity contribution is 0.414. The van der Waals surface area contributed by atoms with Crippen LogP contribution in [0.15, 0.2) is 35.1 Å². The summed E-state index contributed by atoms with van der Waals surface area (Å²) in [4.78, 5) is 17.6. The van der Waals surface area contributed by atoms with Crippen LogP contribution in [-0.2, 0) is 6.42 Å². The second-order valence-electron chi connectivity index (χ2n) is 5.79. The van der Waals surface area contributed by atoms with Gasteiger partial charge < -0.3 is 4.74 Å². The summed E-state index contributed by atoms with van der Waals surface area (Å²) in [6.45, 7) is 5.49. The summed E-state index contributed by atoms with van der Waals surface area (Å²) in [5, 5.41) is 0.418. The molecule has 0 aliphatic heterocycles. The van der Waals surface area contributed by atoms with Gasteiger partial charge in [-0.25, -0.2) is 9.37 Å². The second kappa shape index (κ2) is 6.07. The van der Waals surface area contributed by atoms with Gasteiger partial charge >= 0.3 is 0 Å². The Balaban J connectivity index is 2.37. The van der Waals surface area contributed by atoms with Crippen molar-refractivity contribution in [3.8, 4) is 11.4 Å². The maximum absolute atomic E-state index is 13.8. The van der Waals surface area contributed by atoms with Gasteiger partial charge in [-0.1, -0.05) is 6.92 Å². The Morgan fingerprint density at radius 2 is 1.92 bits per heavy atom. The first-order valence-electron chi connectivity index (χ1n) is 7.83. The summed E-state index contributed by atoms with van der Waals surface area (Å²) in [7, 11) is 1.60. The number of nitrogens with zero attached hydrogens (tertiary/aromatic N) is 2. The monoisotopic (exact) mass is 326 g/mol. The number of fused-ring (bicyclic) bond motifs is 1. The highest BCUT2D eigenvalue weighted by Gasteiger charge is 2.15. The van der Waals surface area contributed by atoms with E-state index in [9.17, 15) is 9.18 Å². The number of aromatic nitrogens is 2. The highest BCUT2D eigenvalue weighted by atomic mass is 19.1. The number of halogens is 1. The molecule has 0 aliphatic carbocycles. The third kappa shape index (κ3) is 2.56. The van der Waals surface area contributed by atoms with Gasteiger partial charge in [-0.3, -0.25) is 9.36 Å². The van der Waals surface area contributed by atoms with Crippen LogP contribution < -0.4 is 10.3 Å². The number of benzene rings is 2. The average molecular weight is 326 g/mol. The Kier molecular flexibility index (Phi) is 4.09. The van der Waals surface area contributed by atoms with E-state index in [0.29, 0.717) is 28.7 Å². The van der Waals surface area contributed by atoms with Gasteiger partial charge in [-0.05, 0) is 49.2 Å². The number of hydrogen-bond donors (Lipinski definition) is 0. The molecule has 0 bridgehead atoms. The lowest BCUT2D eigenvalue weighted by Crippen LogP contribution is -2.24. The van der Waals surface area contributed by atoms with E-state index in [0.717, 1.165) is 17.0 Å². The van der Waals surface area contributed by atoms with E-state index in [1.54, 1.807) is 24.7 Å². The minimum Gasteiger partial charge on any atom is -0.497 e. The summed E-state index contributed by atoms with van der Waals surface area (Å²) in [6, 6.07) is 8.43. The minimum atomic E-state index is -0.352. The molecular formula is C19H19FN2O2. The van der Waals surface area contributed by atoms with E-state index in [2.05, 4.69) is 4.98 Å². The zero-order valence-corrected chi connectivity index (χ0v) is 14.2. The normalized spacial score (nSPS) is 11.0. The van der Waals surface area contributed by atoms with Crippen molar-refractivity contribution < 1.29 is 9.13 Å². The molecule has 0 radical (unpaired) electrons. The van der Waals surface area contributed by atoms with Crippen LogP contribution in [0.3, 0.4) is 0 Å². The molecule has 2 aromatic carbocycles. The lowest BCUT2D eigenvalue weighted by Gasteiger charge is -2.15. The van der Waals surface area contributed by atoms with Crippen LogP contribution >= 0.6 is 0 Å². The van der Waals surface area contributed by atoms with Crippen LogP contribution in [0.4, 0.5) is 4.39 Å². The molecular weight excluding hydrogens is 307 g/mol. The number of rotatable bonds is 3. The average Bonchev–Trinajstić information content (AvgIpc) is 2.57. The van der Waals surface area contributed by atoms with Crippen molar-refractivity contribution in [2.24, 2.45) is 0 Å². The molecule has 0 spiro atoms. The molecule has 1 aromatic heterocycles. The van der Waals surface area contributed by atoms with Gasteiger partial charge in [0.2, 0.25) is 0 Å². The van der Waals surface area contributed by atoms with Gasteiger partial charge in [0.05, 0.1) is 23.7 Å². The van der Waals surface area contributed by atoms with Gasteiger partial charge in [0, 0.05) is 12.5 Å².